The van der Waals surface area contributed by atoms with Gasteiger partial charge in [-0.2, -0.15) is 0 Å². The summed E-state index contributed by atoms with van der Waals surface area (Å²) in [5.41, 5.74) is -0.123. The van der Waals surface area contributed by atoms with Crippen LogP contribution in [0.1, 0.15) is 17.3 Å². The summed E-state index contributed by atoms with van der Waals surface area (Å²) in [7, 11) is 3.87. The second-order valence-corrected chi connectivity index (χ2v) is 3.94. The number of amides is 1. The lowest BCUT2D eigenvalue weighted by Gasteiger charge is -2.19. The molecule has 0 radical (unpaired) electrons. The Bertz CT molecular complexity index is 412. The van der Waals surface area contributed by atoms with Crippen LogP contribution in [0.5, 0.6) is 0 Å². The monoisotopic (exact) mass is 223 g/mol. The number of aromatic nitrogens is 1. The van der Waals surface area contributed by atoms with Crippen molar-refractivity contribution in [2.45, 2.75) is 13.0 Å². The number of rotatable bonds is 4. The van der Waals surface area contributed by atoms with Crippen LogP contribution in [-0.2, 0) is 0 Å². The molecule has 2 N–H and O–H groups in total. The molecule has 88 valence electrons. The van der Waals surface area contributed by atoms with Crippen molar-refractivity contribution in [2.24, 2.45) is 0 Å². The average molecular weight is 223 g/mol. The van der Waals surface area contributed by atoms with Gasteiger partial charge in [-0.15, -0.1) is 0 Å². The summed E-state index contributed by atoms with van der Waals surface area (Å²) in [5, 5.41) is 2.72. The van der Waals surface area contributed by atoms with Crippen molar-refractivity contribution in [3.8, 4) is 0 Å². The zero-order valence-electron chi connectivity index (χ0n) is 9.78. The van der Waals surface area contributed by atoms with E-state index in [2.05, 4.69) is 10.3 Å². The first kappa shape index (κ1) is 12.4. The first-order chi connectivity index (χ1) is 7.52. The fourth-order valence-electron chi connectivity index (χ4n) is 1.11. The van der Waals surface area contributed by atoms with Gasteiger partial charge in [-0.05, 0) is 21.0 Å². The van der Waals surface area contributed by atoms with Gasteiger partial charge in [0.25, 0.3) is 5.91 Å². The third-order valence-corrected chi connectivity index (χ3v) is 2.51. The number of hydrogen-bond acceptors (Lipinski definition) is 3. The average Bonchev–Trinajstić information content (AvgIpc) is 2.25. The minimum atomic E-state index is -0.337. The number of carbonyl (C=O) groups excluding carboxylic acids is 1. The summed E-state index contributed by atoms with van der Waals surface area (Å²) in [6.45, 7) is 2.51. The van der Waals surface area contributed by atoms with Gasteiger partial charge in [0.15, 0.2) is 5.43 Å². The molecule has 0 fully saturated rings. The largest absolute Gasteiger partial charge is 0.367 e. The van der Waals surface area contributed by atoms with Crippen LogP contribution in [0, 0.1) is 0 Å². The molecule has 1 rings (SSSR count). The van der Waals surface area contributed by atoms with Crippen molar-refractivity contribution in [2.75, 3.05) is 20.6 Å². The van der Waals surface area contributed by atoms with E-state index in [9.17, 15) is 9.59 Å². The number of nitrogens with one attached hydrogen (secondary N) is 2. The third-order valence-electron chi connectivity index (χ3n) is 2.51. The fraction of sp³-hybridized carbons (Fsp3) is 0.455. The highest BCUT2D eigenvalue weighted by Crippen LogP contribution is 1.91. The van der Waals surface area contributed by atoms with Crippen LogP contribution in [0.4, 0.5) is 0 Å². The summed E-state index contributed by atoms with van der Waals surface area (Å²) in [6, 6.07) is 1.57. The second-order valence-electron chi connectivity index (χ2n) is 3.94. The van der Waals surface area contributed by atoms with E-state index in [0.717, 1.165) is 0 Å². The van der Waals surface area contributed by atoms with Crippen LogP contribution in [0.25, 0.3) is 0 Å². The molecule has 1 atom stereocenters. The zero-order chi connectivity index (χ0) is 12.1. The highest BCUT2D eigenvalue weighted by molar-refractivity contribution is 5.93. The SMILES string of the molecule is CC(CNC(=O)c1c[nH]ccc1=O)N(C)C. The van der Waals surface area contributed by atoms with Crippen molar-refractivity contribution >= 4 is 5.91 Å². The van der Waals surface area contributed by atoms with Gasteiger partial charge in [0.1, 0.15) is 5.56 Å². The van der Waals surface area contributed by atoms with Crippen molar-refractivity contribution in [3.05, 3.63) is 34.2 Å². The minimum Gasteiger partial charge on any atom is -0.367 e. The van der Waals surface area contributed by atoms with Gasteiger partial charge < -0.3 is 15.2 Å². The zero-order valence-corrected chi connectivity index (χ0v) is 9.78. The van der Waals surface area contributed by atoms with Crippen LogP contribution in [0.2, 0.25) is 0 Å². The number of aromatic amines is 1. The molecule has 0 aliphatic carbocycles. The molecule has 0 aliphatic rings. The van der Waals surface area contributed by atoms with Crippen LogP contribution in [-0.4, -0.2) is 42.5 Å². The molecular weight excluding hydrogens is 206 g/mol. The van der Waals surface area contributed by atoms with E-state index in [1.54, 1.807) is 0 Å². The van der Waals surface area contributed by atoms with Gasteiger partial charge in [-0.1, -0.05) is 0 Å². The Balaban J connectivity index is 2.61. The molecule has 1 aromatic heterocycles. The quantitative estimate of drug-likeness (QED) is 0.758. The number of pyridine rings is 1. The molecule has 0 aromatic carbocycles. The van der Waals surface area contributed by atoms with E-state index in [0.29, 0.717) is 6.54 Å². The summed E-state index contributed by atoms with van der Waals surface area (Å²) >= 11 is 0. The van der Waals surface area contributed by atoms with Crippen molar-refractivity contribution < 1.29 is 4.79 Å². The summed E-state index contributed by atoms with van der Waals surface area (Å²) in [6.07, 6.45) is 2.92. The predicted octanol–water partition coefficient (Wildman–Crippen LogP) is 0.0548. The van der Waals surface area contributed by atoms with E-state index < -0.39 is 0 Å². The van der Waals surface area contributed by atoms with Gasteiger partial charge in [0.2, 0.25) is 0 Å². The number of likely N-dealkylation sites (N-methyl/N-ethyl adjacent to an activating group) is 1. The number of H-pyrrole nitrogens is 1. The maximum Gasteiger partial charge on any atom is 0.256 e. The molecule has 5 nitrogen and oxygen atoms in total. The molecule has 1 amide bonds. The van der Waals surface area contributed by atoms with Gasteiger partial charge in [0.05, 0.1) is 0 Å². The molecule has 0 saturated carbocycles. The van der Waals surface area contributed by atoms with E-state index in [4.69, 9.17) is 0 Å². The number of carbonyl (C=O) groups is 1. The van der Waals surface area contributed by atoms with Gasteiger partial charge in [-0.3, -0.25) is 9.59 Å². The summed E-state index contributed by atoms with van der Waals surface area (Å²) in [5.74, 6) is -0.337. The van der Waals surface area contributed by atoms with Crippen molar-refractivity contribution in [3.63, 3.8) is 0 Å². The van der Waals surface area contributed by atoms with Gasteiger partial charge in [-0.25, -0.2) is 0 Å². The summed E-state index contributed by atoms with van der Waals surface area (Å²) < 4.78 is 0. The molecule has 1 unspecified atom stereocenters. The Kier molecular flexibility index (Phi) is 4.25. The molecule has 0 bridgehead atoms. The molecule has 0 saturated heterocycles. The lowest BCUT2D eigenvalue weighted by atomic mass is 10.2. The molecule has 5 heteroatoms. The molecule has 0 aliphatic heterocycles. The summed E-state index contributed by atoms with van der Waals surface area (Å²) in [4.78, 5) is 27.7. The Morgan fingerprint density at radius 1 is 1.56 bits per heavy atom. The van der Waals surface area contributed by atoms with Crippen LogP contribution in [0.3, 0.4) is 0 Å². The lowest BCUT2D eigenvalue weighted by molar-refractivity contribution is 0.0942. The van der Waals surface area contributed by atoms with E-state index in [1.165, 1.54) is 18.5 Å². The van der Waals surface area contributed by atoms with Gasteiger partial charge in [0, 0.05) is 31.0 Å². The topological polar surface area (TPSA) is 65.2 Å². The fourth-order valence-corrected chi connectivity index (χ4v) is 1.11. The highest BCUT2D eigenvalue weighted by Gasteiger charge is 2.11. The van der Waals surface area contributed by atoms with Crippen LogP contribution < -0.4 is 10.7 Å². The maximum absolute atomic E-state index is 11.6. The first-order valence-electron chi connectivity index (χ1n) is 5.14. The van der Waals surface area contributed by atoms with Crippen molar-refractivity contribution in [1.82, 2.24) is 15.2 Å². The molecular formula is C11H17N3O2. The lowest BCUT2D eigenvalue weighted by Crippen LogP contribution is -2.39. The second kappa shape index (κ2) is 5.46. The normalized spacial score (nSPS) is 12.5. The Morgan fingerprint density at radius 2 is 2.25 bits per heavy atom. The van der Waals surface area contributed by atoms with Crippen molar-refractivity contribution in [1.29, 1.82) is 0 Å². The maximum atomic E-state index is 11.6. The van der Waals surface area contributed by atoms with Gasteiger partial charge >= 0.3 is 0 Å². The molecule has 1 aromatic rings. The highest BCUT2D eigenvalue weighted by atomic mass is 16.2. The Labute approximate surface area is 94.5 Å². The smallest absolute Gasteiger partial charge is 0.256 e. The number of nitrogens with zero attached hydrogens (tertiary/aromatic N) is 1. The van der Waals surface area contributed by atoms with Crippen LogP contribution >= 0.6 is 0 Å². The minimum absolute atomic E-state index is 0.147. The first-order valence-corrected chi connectivity index (χ1v) is 5.14. The predicted molar refractivity (Wildman–Crippen MR) is 62.5 cm³/mol. The standard InChI is InChI=1S/C11H17N3O2/c1-8(14(2)3)6-13-11(16)9-7-12-5-4-10(9)15/h4-5,7-8H,6H2,1-3H3,(H,12,15)(H,13,16). The molecule has 1 heterocycles. The Morgan fingerprint density at radius 3 is 2.81 bits per heavy atom. The molecule has 0 spiro atoms. The third kappa shape index (κ3) is 3.20. The van der Waals surface area contributed by atoms with Crippen LogP contribution in [0.15, 0.2) is 23.3 Å². The van der Waals surface area contributed by atoms with E-state index >= 15 is 0 Å². The Hall–Kier alpha value is -1.62. The number of hydrogen-bond donors (Lipinski definition) is 2. The van der Waals surface area contributed by atoms with E-state index in [1.807, 2.05) is 25.9 Å². The molecule has 16 heavy (non-hydrogen) atoms. The van der Waals surface area contributed by atoms with E-state index in [-0.39, 0.29) is 22.9 Å².